The minimum absolute atomic E-state index is 0.153. The van der Waals surface area contributed by atoms with Gasteiger partial charge < -0.3 is 20.3 Å². The molecule has 1 aliphatic carbocycles. The smallest absolute Gasteiger partial charge is 0.330 e. The molecule has 2 N–H and O–H groups in total. The van der Waals surface area contributed by atoms with Crippen LogP contribution in [0.3, 0.4) is 0 Å². The van der Waals surface area contributed by atoms with Crippen LogP contribution in [0.15, 0.2) is 55.5 Å². The molecule has 1 aliphatic heterocycles. The van der Waals surface area contributed by atoms with Gasteiger partial charge in [0.1, 0.15) is 6.73 Å². The predicted octanol–water partition coefficient (Wildman–Crippen LogP) is 3.38. The Morgan fingerprint density at radius 2 is 2.15 bits per heavy atom. The van der Waals surface area contributed by atoms with Crippen LogP contribution in [0.1, 0.15) is 18.4 Å². The summed E-state index contributed by atoms with van der Waals surface area (Å²) in [7, 11) is 1.59. The Balaban J connectivity index is 1.50. The van der Waals surface area contributed by atoms with Crippen LogP contribution < -0.4 is 15.5 Å². The number of anilines is 5. The first-order valence-electron chi connectivity index (χ1n) is 10.8. The summed E-state index contributed by atoms with van der Waals surface area (Å²) in [5.41, 5.74) is 2.68. The van der Waals surface area contributed by atoms with E-state index in [9.17, 15) is 9.59 Å². The van der Waals surface area contributed by atoms with Gasteiger partial charge >= 0.3 is 6.03 Å². The molecule has 0 radical (unpaired) electrons. The Morgan fingerprint density at radius 3 is 2.91 bits per heavy atom. The van der Waals surface area contributed by atoms with Crippen LogP contribution in [-0.2, 0) is 22.8 Å². The van der Waals surface area contributed by atoms with E-state index in [0.29, 0.717) is 42.1 Å². The normalized spacial score (nSPS) is 15.1. The number of ether oxygens (including phenoxy) is 1. The van der Waals surface area contributed by atoms with Crippen molar-refractivity contribution in [2.75, 3.05) is 22.6 Å². The van der Waals surface area contributed by atoms with Crippen molar-refractivity contribution >= 4 is 40.8 Å². The van der Waals surface area contributed by atoms with Crippen molar-refractivity contribution in [2.24, 2.45) is 0 Å². The van der Waals surface area contributed by atoms with E-state index in [-0.39, 0.29) is 18.0 Å². The van der Waals surface area contributed by atoms with Crippen molar-refractivity contribution in [3.63, 3.8) is 0 Å². The second-order valence-electron chi connectivity index (χ2n) is 8.07. The van der Waals surface area contributed by atoms with E-state index >= 15 is 0 Å². The number of rotatable bonds is 8. The number of carbonyl (C=O) groups excluding carboxylic acids is 2. The fourth-order valence-electron chi connectivity index (χ4n) is 3.81. The molecule has 0 bridgehead atoms. The van der Waals surface area contributed by atoms with Gasteiger partial charge in [-0.05, 0) is 37.1 Å². The molecule has 11 heteroatoms. The standard InChI is InChI=1S/C23H24N8O3/c1-3-20(32)26-16-5-4-6-19(9-16)31-21-15(12-30(23(31)33)18-7-8-18)10-24-22(28-21)27-17-11-25-29(13-17)14-34-2/h3-6,9-11,13,18H,1,7-8,12,14H2,2H3,(H,26,32)(H,24,27,28). The Labute approximate surface area is 196 Å². The lowest BCUT2D eigenvalue weighted by atomic mass is 10.1. The Kier molecular flexibility index (Phi) is 5.68. The molecule has 174 valence electrons. The summed E-state index contributed by atoms with van der Waals surface area (Å²) in [6, 6.07) is 7.15. The molecule has 2 aliphatic rings. The van der Waals surface area contributed by atoms with E-state index in [2.05, 4.69) is 32.3 Å². The molecular formula is C23H24N8O3. The first-order valence-corrected chi connectivity index (χ1v) is 10.8. The highest BCUT2D eigenvalue weighted by atomic mass is 16.5. The minimum Gasteiger partial charge on any atom is -0.362 e. The Bertz CT molecular complexity index is 1250. The van der Waals surface area contributed by atoms with Gasteiger partial charge in [-0.1, -0.05) is 12.6 Å². The summed E-state index contributed by atoms with van der Waals surface area (Å²) >= 11 is 0. The summed E-state index contributed by atoms with van der Waals surface area (Å²) < 4.78 is 6.71. The summed E-state index contributed by atoms with van der Waals surface area (Å²) in [5.74, 6) is 0.505. The van der Waals surface area contributed by atoms with Gasteiger partial charge in [-0.25, -0.2) is 19.4 Å². The van der Waals surface area contributed by atoms with Gasteiger partial charge in [-0.3, -0.25) is 4.79 Å². The average molecular weight is 460 g/mol. The van der Waals surface area contributed by atoms with Crippen molar-refractivity contribution in [1.29, 1.82) is 0 Å². The summed E-state index contributed by atoms with van der Waals surface area (Å²) in [6.45, 7) is 4.26. The molecule has 0 atom stereocenters. The van der Waals surface area contributed by atoms with Gasteiger partial charge in [0.15, 0.2) is 5.82 Å². The minimum atomic E-state index is -0.329. The molecule has 0 saturated heterocycles. The topological polar surface area (TPSA) is 118 Å². The zero-order valence-electron chi connectivity index (χ0n) is 18.6. The van der Waals surface area contributed by atoms with Crippen LogP contribution in [0.4, 0.5) is 33.6 Å². The second-order valence-corrected chi connectivity index (χ2v) is 8.07. The number of aromatic nitrogens is 4. The molecule has 5 rings (SSSR count). The number of methoxy groups -OCH3 is 1. The predicted molar refractivity (Wildman–Crippen MR) is 126 cm³/mol. The molecule has 3 aromatic rings. The average Bonchev–Trinajstić information content (AvgIpc) is 3.59. The molecular weight excluding hydrogens is 436 g/mol. The van der Waals surface area contributed by atoms with E-state index in [1.807, 2.05) is 11.0 Å². The number of hydrogen-bond donors (Lipinski definition) is 2. The number of fused-ring (bicyclic) bond motifs is 1. The largest absolute Gasteiger partial charge is 0.362 e. The highest BCUT2D eigenvalue weighted by Crippen LogP contribution is 2.39. The highest BCUT2D eigenvalue weighted by molar-refractivity contribution is 6.03. The van der Waals surface area contributed by atoms with Crippen LogP contribution in [-0.4, -0.2) is 49.7 Å². The molecule has 2 aromatic heterocycles. The fourth-order valence-corrected chi connectivity index (χ4v) is 3.81. The molecule has 3 heterocycles. The lowest BCUT2D eigenvalue weighted by molar-refractivity contribution is -0.111. The lowest BCUT2D eigenvalue weighted by Gasteiger charge is -2.36. The zero-order chi connectivity index (χ0) is 23.7. The maximum Gasteiger partial charge on any atom is 0.330 e. The third-order valence-corrected chi connectivity index (χ3v) is 5.53. The Hall–Kier alpha value is -4.25. The van der Waals surface area contributed by atoms with E-state index in [4.69, 9.17) is 4.74 Å². The maximum absolute atomic E-state index is 13.5. The SMILES string of the molecule is C=CC(=O)Nc1cccc(N2C(=O)N(C3CC3)Cc3cnc(Nc4cnn(COC)c4)nc32)c1. The van der Waals surface area contributed by atoms with Gasteiger partial charge in [0.2, 0.25) is 11.9 Å². The zero-order valence-corrected chi connectivity index (χ0v) is 18.6. The van der Waals surface area contributed by atoms with Crippen molar-refractivity contribution < 1.29 is 14.3 Å². The fraction of sp³-hybridized carbons (Fsp3) is 0.261. The van der Waals surface area contributed by atoms with E-state index < -0.39 is 0 Å². The van der Waals surface area contributed by atoms with Crippen molar-refractivity contribution in [1.82, 2.24) is 24.6 Å². The van der Waals surface area contributed by atoms with E-state index in [1.165, 1.54) is 6.08 Å². The number of carbonyl (C=O) groups is 2. The number of benzene rings is 1. The molecule has 0 spiro atoms. The van der Waals surface area contributed by atoms with Gasteiger partial charge in [0.25, 0.3) is 0 Å². The van der Waals surface area contributed by atoms with Crippen LogP contribution in [0.2, 0.25) is 0 Å². The maximum atomic E-state index is 13.5. The molecule has 0 unspecified atom stereocenters. The second kappa shape index (κ2) is 8.94. The summed E-state index contributed by atoms with van der Waals surface area (Å²) in [4.78, 5) is 37.9. The Morgan fingerprint density at radius 1 is 1.29 bits per heavy atom. The van der Waals surface area contributed by atoms with Crippen molar-refractivity contribution in [2.45, 2.75) is 32.2 Å². The molecule has 11 nitrogen and oxygen atoms in total. The summed E-state index contributed by atoms with van der Waals surface area (Å²) in [6.07, 6.45) is 8.32. The summed E-state index contributed by atoms with van der Waals surface area (Å²) in [5, 5.41) is 10.1. The van der Waals surface area contributed by atoms with E-state index in [0.717, 1.165) is 18.4 Å². The number of amides is 3. The first-order chi connectivity index (χ1) is 16.6. The van der Waals surface area contributed by atoms with Gasteiger partial charge in [0.05, 0.1) is 30.3 Å². The lowest BCUT2D eigenvalue weighted by Crippen LogP contribution is -2.46. The van der Waals surface area contributed by atoms with Crippen molar-refractivity contribution in [3.05, 3.63) is 61.1 Å². The third-order valence-electron chi connectivity index (χ3n) is 5.53. The molecule has 1 fully saturated rings. The van der Waals surface area contributed by atoms with E-state index in [1.54, 1.807) is 53.5 Å². The van der Waals surface area contributed by atoms with Gasteiger partial charge in [-0.2, -0.15) is 10.1 Å². The monoisotopic (exact) mass is 460 g/mol. The first kappa shape index (κ1) is 21.6. The quantitative estimate of drug-likeness (QED) is 0.495. The van der Waals surface area contributed by atoms with Gasteiger partial charge in [0, 0.05) is 30.6 Å². The van der Waals surface area contributed by atoms with Crippen LogP contribution in [0, 0.1) is 0 Å². The number of hydrogen-bond acceptors (Lipinski definition) is 7. The van der Waals surface area contributed by atoms with Crippen LogP contribution >= 0.6 is 0 Å². The highest BCUT2D eigenvalue weighted by Gasteiger charge is 2.41. The molecule has 3 amide bonds. The third kappa shape index (κ3) is 4.33. The molecule has 34 heavy (non-hydrogen) atoms. The molecule has 1 aromatic carbocycles. The molecule has 1 saturated carbocycles. The van der Waals surface area contributed by atoms with Crippen LogP contribution in [0.25, 0.3) is 0 Å². The van der Waals surface area contributed by atoms with Crippen LogP contribution in [0.5, 0.6) is 0 Å². The van der Waals surface area contributed by atoms with Crippen molar-refractivity contribution in [3.8, 4) is 0 Å². The number of nitrogens with one attached hydrogen (secondary N) is 2. The number of urea groups is 1. The number of nitrogens with zero attached hydrogens (tertiary/aromatic N) is 6. The van der Waals surface area contributed by atoms with Gasteiger partial charge in [-0.15, -0.1) is 0 Å².